The Morgan fingerprint density at radius 3 is 1.86 bits per heavy atom. The fraction of sp³-hybridized carbons (Fsp3) is 0.778. The summed E-state index contributed by atoms with van der Waals surface area (Å²) in [5.74, 6) is 0.724. The van der Waals surface area contributed by atoms with Crippen molar-refractivity contribution < 1.29 is 20.8 Å². The minimum absolute atomic E-state index is 0.724. The van der Waals surface area contributed by atoms with Crippen LogP contribution in [0, 0.1) is 5.92 Å². The molecule has 0 amide bonds. The van der Waals surface area contributed by atoms with E-state index in [0.29, 0.717) is 0 Å². The number of hydrogen-bond donors (Lipinski definition) is 3. The van der Waals surface area contributed by atoms with Crippen molar-refractivity contribution >= 4 is 0 Å². The second-order valence-corrected chi connectivity index (χ2v) is 18.1. The van der Waals surface area contributed by atoms with Crippen LogP contribution in [-0.2, 0) is 20.8 Å². The van der Waals surface area contributed by atoms with Gasteiger partial charge in [0.15, 0.2) is 0 Å². The van der Waals surface area contributed by atoms with Crippen LogP contribution in [0.5, 0.6) is 0 Å². The van der Waals surface area contributed by atoms with Gasteiger partial charge in [-0.1, -0.05) is 0 Å². The molecule has 0 bridgehead atoms. The fourth-order valence-corrected chi connectivity index (χ4v) is 17.3. The van der Waals surface area contributed by atoms with Crippen LogP contribution in [0.25, 0.3) is 0 Å². The van der Waals surface area contributed by atoms with Crippen molar-refractivity contribution in [1.82, 2.24) is 9.91 Å². The van der Waals surface area contributed by atoms with E-state index in [0.717, 1.165) is 32.0 Å². The third-order valence-corrected chi connectivity index (χ3v) is 17.6. The molecule has 3 N–H and O–H groups in total. The van der Waals surface area contributed by atoms with Crippen LogP contribution < -0.4 is 9.91 Å². The summed E-state index contributed by atoms with van der Waals surface area (Å²) in [6.07, 6.45) is 10.7. The molecular formula is C18H37HfN3. The summed E-state index contributed by atoms with van der Waals surface area (Å²) < 4.78 is 13.7. The van der Waals surface area contributed by atoms with Crippen LogP contribution in [0.2, 0.25) is 0 Å². The number of rotatable bonds is 12. The van der Waals surface area contributed by atoms with Crippen LogP contribution in [0.1, 0.15) is 66.7 Å². The molecule has 0 fully saturated rings. The molecule has 0 atom stereocenters. The Balaban J connectivity index is 3.07. The first-order valence-corrected chi connectivity index (χ1v) is 16.4. The van der Waals surface area contributed by atoms with Gasteiger partial charge < -0.3 is 0 Å². The zero-order valence-corrected chi connectivity index (χ0v) is 19.0. The molecule has 0 aliphatic heterocycles. The van der Waals surface area contributed by atoms with Crippen LogP contribution in [-0.4, -0.2) is 19.6 Å². The van der Waals surface area contributed by atoms with Gasteiger partial charge >= 0.3 is 144 Å². The van der Waals surface area contributed by atoms with E-state index in [9.17, 15) is 0 Å². The second-order valence-electron chi connectivity index (χ2n) is 6.74. The van der Waals surface area contributed by atoms with Crippen LogP contribution in [0.15, 0.2) is 21.1 Å². The normalized spacial score (nSPS) is 15.4. The number of nitrogens with one attached hydrogen (secondary N) is 3. The van der Waals surface area contributed by atoms with Gasteiger partial charge in [-0.15, -0.1) is 0 Å². The van der Waals surface area contributed by atoms with Crippen molar-refractivity contribution in [3.8, 4) is 0 Å². The Kier molecular flexibility index (Phi) is 10.0. The Morgan fingerprint density at radius 2 is 1.45 bits per heavy atom. The van der Waals surface area contributed by atoms with Gasteiger partial charge in [-0.3, -0.25) is 0 Å². The van der Waals surface area contributed by atoms with Crippen LogP contribution >= 0.6 is 0 Å². The van der Waals surface area contributed by atoms with Crippen molar-refractivity contribution in [2.75, 3.05) is 19.6 Å². The minimum atomic E-state index is -3.04. The van der Waals surface area contributed by atoms with E-state index in [4.69, 9.17) is 0 Å². The summed E-state index contributed by atoms with van der Waals surface area (Å²) in [5.41, 5.74) is 1.60. The van der Waals surface area contributed by atoms with E-state index in [1.54, 1.807) is 8.90 Å². The topological polar surface area (TPSA) is 36.1 Å². The third kappa shape index (κ3) is 6.03. The van der Waals surface area contributed by atoms with Gasteiger partial charge in [0.2, 0.25) is 0 Å². The maximum absolute atomic E-state index is 4.00. The first kappa shape index (κ1) is 20.3. The quantitative estimate of drug-likeness (QED) is 0.373. The zero-order valence-electron chi connectivity index (χ0n) is 15.4. The number of hydrogen-bond acceptors (Lipinski definition) is 3. The van der Waals surface area contributed by atoms with Crippen LogP contribution in [0.4, 0.5) is 0 Å². The van der Waals surface area contributed by atoms with E-state index in [1.807, 2.05) is 0 Å². The molecule has 128 valence electrons. The molecule has 3 nitrogen and oxygen atoms in total. The van der Waals surface area contributed by atoms with E-state index >= 15 is 0 Å². The van der Waals surface area contributed by atoms with E-state index < -0.39 is 20.8 Å². The van der Waals surface area contributed by atoms with E-state index in [1.165, 1.54) is 25.7 Å². The molecule has 0 saturated heterocycles. The first-order valence-electron chi connectivity index (χ1n) is 9.23. The molecule has 1 aliphatic carbocycles. The van der Waals surface area contributed by atoms with Gasteiger partial charge in [0.25, 0.3) is 0 Å². The van der Waals surface area contributed by atoms with Gasteiger partial charge in [0.05, 0.1) is 0 Å². The van der Waals surface area contributed by atoms with Crippen molar-refractivity contribution in [3.05, 3.63) is 21.1 Å². The maximum atomic E-state index is 4.00. The molecule has 0 aromatic rings. The molecule has 4 heteroatoms. The number of allylic oxidation sites excluding steroid dienone is 4. The molecule has 0 heterocycles. The Morgan fingerprint density at radius 1 is 0.955 bits per heavy atom. The molecule has 1 rings (SSSR count). The summed E-state index contributed by atoms with van der Waals surface area (Å²) in [5, 5.41) is 0. The van der Waals surface area contributed by atoms with E-state index in [2.05, 4.69) is 56.7 Å². The Bertz CT molecular complexity index is 353. The van der Waals surface area contributed by atoms with Gasteiger partial charge in [0, 0.05) is 0 Å². The Labute approximate surface area is 143 Å². The predicted octanol–water partition coefficient (Wildman–Crippen LogP) is 4.14. The molecule has 0 unspecified atom stereocenters. The molecule has 1 aliphatic rings. The predicted molar refractivity (Wildman–Crippen MR) is 95.1 cm³/mol. The molecule has 0 aromatic carbocycles. The van der Waals surface area contributed by atoms with Crippen molar-refractivity contribution in [2.45, 2.75) is 66.7 Å². The van der Waals surface area contributed by atoms with Crippen LogP contribution in [0.3, 0.4) is 0 Å². The van der Waals surface area contributed by atoms with Crippen molar-refractivity contribution in [2.24, 2.45) is 5.92 Å². The van der Waals surface area contributed by atoms with Gasteiger partial charge in [-0.25, -0.2) is 0 Å². The molecule has 0 saturated carbocycles. The summed E-state index contributed by atoms with van der Waals surface area (Å²) >= 11 is -3.04. The first-order chi connectivity index (χ1) is 10.6. The molecule has 0 spiro atoms. The average Bonchev–Trinajstić information content (AvgIpc) is 2.95. The summed E-state index contributed by atoms with van der Waals surface area (Å²) in [6, 6.07) is 0. The standard InChI is InChI=1S/C9H13.3C3H8N.Hf/c1-8(2)7-9-5-3-4-6-9;3*1-2-3-4;/h3,5,8H,4,7H2,1-2H3;3*4H,2-3H2,1H3;/q;3*-1;+3. The van der Waals surface area contributed by atoms with Gasteiger partial charge in [-0.05, 0) is 0 Å². The monoisotopic (exact) mass is 475 g/mol. The second kappa shape index (κ2) is 10.9. The summed E-state index contributed by atoms with van der Waals surface area (Å²) in [6.45, 7) is 14.8. The molecule has 0 aromatic heterocycles. The van der Waals surface area contributed by atoms with Crippen molar-refractivity contribution in [1.29, 1.82) is 0 Å². The summed E-state index contributed by atoms with van der Waals surface area (Å²) in [4.78, 5) is 0. The summed E-state index contributed by atoms with van der Waals surface area (Å²) in [7, 11) is 0. The SMILES string of the molecule is CCC[NH][Hf]([NH]CCC)([NH]CCC)[C]1=C(CC(C)C)C=CC1. The fourth-order valence-electron chi connectivity index (χ4n) is 3.02. The van der Waals surface area contributed by atoms with E-state index in [-0.39, 0.29) is 0 Å². The van der Waals surface area contributed by atoms with Gasteiger partial charge in [0.1, 0.15) is 0 Å². The molecular weight excluding hydrogens is 437 g/mol. The Hall–Kier alpha value is 0.230. The third-order valence-electron chi connectivity index (χ3n) is 4.03. The average molecular weight is 474 g/mol. The molecule has 0 radical (unpaired) electrons. The van der Waals surface area contributed by atoms with Crippen molar-refractivity contribution in [3.63, 3.8) is 0 Å². The molecule has 22 heavy (non-hydrogen) atoms. The zero-order chi connectivity index (χ0) is 16.4. The van der Waals surface area contributed by atoms with Gasteiger partial charge in [-0.2, -0.15) is 0 Å².